The van der Waals surface area contributed by atoms with Gasteiger partial charge in [0.05, 0.1) is 10.7 Å². The van der Waals surface area contributed by atoms with Crippen LogP contribution in [0.15, 0.2) is 35.1 Å². The van der Waals surface area contributed by atoms with Gasteiger partial charge in [-0.05, 0) is 53.9 Å². The fourth-order valence-electron chi connectivity index (χ4n) is 2.32. The van der Waals surface area contributed by atoms with Crippen LogP contribution in [-0.4, -0.2) is 16.3 Å². The van der Waals surface area contributed by atoms with Gasteiger partial charge in [-0.1, -0.05) is 19.1 Å². The molecule has 0 fully saturated rings. The van der Waals surface area contributed by atoms with Crippen molar-refractivity contribution in [2.75, 3.05) is 6.54 Å². The number of nitrogens with one attached hydrogen (secondary N) is 1. The average molecular weight is 354 g/mol. The van der Waals surface area contributed by atoms with Gasteiger partial charge in [-0.25, -0.2) is 4.39 Å². The highest BCUT2D eigenvalue weighted by Crippen LogP contribution is 2.26. The molecule has 0 saturated heterocycles. The van der Waals surface area contributed by atoms with Gasteiger partial charge in [-0.3, -0.25) is 4.68 Å². The Kier molecular flexibility index (Phi) is 5.94. The van der Waals surface area contributed by atoms with E-state index in [1.165, 1.54) is 0 Å². The van der Waals surface area contributed by atoms with E-state index in [0.29, 0.717) is 10.0 Å². The minimum atomic E-state index is -0.186. The third-order valence-corrected chi connectivity index (χ3v) is 4.06. The van der Waals surface area contributed by atoms with Crippen molar-refractivity contribution in [2.45, 2.75) is 39.3 Å². The van der Waals surface area contributed by atoms with E-state index in [1.54, 1.807) is 6.07 Å². The lowest BCUT2D eigenvalue weighted by Gasteiger charge is -2.19. The predicted molar refractivity (Wildman–Crippen MR) is 86.7 cm³/mol. The van der Waals surface area contributed by atoms with Gasteiger partial charge in [-0.2, -0.15) is 5.10 Å². The van der Waals surface area contributed by atoms with Gasteiger partial charge in [0.2, 0.25) is 0 Å². The van der Waals surface area contributed by atoms with Crippen molar-refractivity contribution in [2.24, 2.45) is 0 Å². The van der Waals surface area contributed by atoms with Gasteiger partial charge in [-0.15, -0.1) is 0 Å². The minimum absolute atomic E-state index is 0.0445. The molecule has 2 aromatic rings. The summed E-state index contributed by atoms with van der Waals surface area (Å²) in [6.07, 6.45) is 5.63. The first-order valence-electron chi connectivity index (χ1n) is 7.34. The molecule has 0 saturated carbocycles. The van der Waals surface area contributed by atoms with E-state index in [9.17, 15) is 4.39 Å². The Hall–Kier alpha value is -1.20. The van der Waals surface area contributed by atoms with Crippen LogP contribution in [0.3, 0.4) is 0 Å². The number of benzene rings is 1. The summed E-state index contributed by atoms with van der Waals surface area (Å²) in [4.78, 5) is 0. The minimum Gasteiger partial charge on any atom is -0.310 e. The molecule has 1 heterocycles. The standard InChI is InChI=1S/C16H21BrFN3/c1-3-8-19-15(9-12-10-20-21(4-2)11-12)13-6-5-7-14(17)16(13)18/h5-7,10-11,15,19H,3-4,8-9H2,1-2H3. The SMILES string of the molecule is CCCNC(Cc1cnn(CC)c1)c1cccc(Br)c1F. The van der Waals surface area contributed by atoms with Crippen molar-refractivity contribution < 1.29 is 4.39 Å². The van der Waals surface area contributed by atoms with E-state index < -0.39 is 0 Å². The maximum atomic E-state index is 14.3. The second-order valence-electron chi connectivity index (χ2n) is 5.06. The van der Waals surface area contributed by atoms with E-state index in [-0.39, 0.29) is 11.9 Å². The molecule has 114 valence electrons. The number of rotatable bonds is 7. The lowest BCUT2D eigenvalue weighted by atomic mass is 10.00. The van der Waals surface area contributed by atoms with Crippen LogP contribution in [-0.2, 0) is 13.0 Å². The highest BCUT2D eigenvalue weighted by Gasteiger charge is 2.18. The van der Waals surface area contributed by atoms with Crippen LogP contribution in [0.25, 0.3) is 0 Å². The molecule has 1 atom stereocenters. The maximum absolute atomic E-state index is 14.3. The molecule has 0 aliphatic carbocycles. The van der Waals surface area contributed by atoms with E-state index in [1.807, 2.05) is 29.2 Å². The summed E-state index contributed by atoms with van der Waals surface area (Å²) in [5, 5.41) is 7.72. The van der Waals surface area contributed by atoms with E-state index in [4.69, 9.17) is 0 Å². The zero-order valence-corrected chi connectivity index (χ0v) is 14.0. The maximum Gasteiger partial charge on any atom is 0.142 e. The first-order chi connectivity index (χ1) is 10.2. The molecule has 1 aromatic carbocycles. The molecule has 0 aliphatic heterocycles. The van der Waals surface area contributed by atoms with Crippen molar-refractivity contribution in [1.82, 2.24) is 15.1 Å². The monoisotopic (exact) mass is 353 g/mol. The molecule has 1 aromatic heterocycles. The molecular formula is C16H21BrFN3. The fraction of sp³-hybridized carbons (Fsp3) is 0.438. The summed E-state index contributed by atoms with van der Waals surface area (Å²) in [7, 11) is 0. The summed E-state index contributed by atoms with van der Waals surface area (Å²) in [5.41, 5.74) is 1.81. The number of halogens is 2. The van der Waals surface area contributed by atoms with E-state index >= 15 is 0 Å². The molecule has 0 aliphatic rings. The van der Waals surface area contributed by atoms with Gasteiger partial charge in [0.1, 0.15) is 5.82 Å². The largest absolute Gasteiger partial charge is 0.310 e. The number of aromatic nitrogens is 2. The van der Waals surface area contributed by atoms with Crippen LogP contribution in [0.1, 0.15) is 37.4 Å². The summed E-state index contributed by atoms with van der Waals surface area (Å²) in [5.74, 6) is -0.186. The number of aryl methyl sites for hydroxylation is 1. The van der Waals surface area contributed by atoms with Crippen molar-refractivity contribution >= 4 is 15.9 Å². The van der Waals surface area contributed by atoms with Crippen molar-refractivity contribution in [3.8, 4) is 0 Å². The summed E-state index contributed by atoms with van der Waals surface area (Å²) >= 11 is 3.26. The van der Waals surface area contributed by atoms with Crippen LogP contribution in [0.2, 0.25) is 0 Å². The molecule has 2 rings (SSSR count). The predicted octanol–water partition coefficient (Wildman–Crippen LogP) is 4.09. The van der Waals surface area contributed by atoms with Crippen LogP contribution in [0.4, 0.5) is 4.39 Å². The Morgan fingerprint density at radius 2 is 2.19 bits per heavy atom. The third kappa shape index (κ3) is 4.14. The molecule has 0 amide bonds. The quantitative estimate of drug-likeness (QED) is 0.812. The average Bonchev–Trinajstić information content (AvgIpc) is 2.94. The molecule has 0 spiro atoms. The molecule has 3 nitrogen and oxygen atoms in total. The molecular weight excluding hydrogens is 333 g/mol. The number of hydrogen-bond donors (Lipinski definition) is 1. The zero-order valence-electron chi connectivity index (χ0n) is 12.4. The normalized spacial score (nSPS) is 12.6. The summed E-state index contributed by atoms with van der Waals surface area (Å²) in [6.45, 7) is 5.87. The molecule has 1 unspecified atom stereocenters. The lowest BCUT2D eigenvalue weighted by molar-refractivity contribution is 0.495. The zero-order chi connectivity index (χ0) is 15.2. The van der Waals surface area contributed by atoms with Crippen LogP contribution in [0, 0.1) is 5.82 Å². The van der Waals surface area contributed by atoms with Gasteiger partial charge < -0.3 is 5.32 Å². The summed E-state index contributed by atoms with van der Waals surface area (Å²) < 4.78 is 16.7. The smallest absolute Gasteiger partial charge is 0.142 e. The number of hydrogen-bond acceptors (Lipinski definition) is 2. The second-order valence-corrected chi connectivity index (χ2v) is 5.91. The Labute approximate surface area is 133 Å². The Bertz CT molecular complexity index is 583. The van der Waals surface area contributed by atoms with E-state index in [2.05, 4.69) is 40.2 Å². The van der Waals surface area contributed by atoms with Crippen molar-refractivity contribution in [3.05, 3.63) is 52.0 Å². The van der Waals surface area contributed by atoms with E-state index in [0.717, 1.165) is 31.5 Å². The van der Waals surface area contributed by atoms with Gasteiger partial charge in [0, 0.05) is 24.3 Å². The third-order valence-electron chi connectivity index (χ3n) is 3.45. The Morgan fingerprint density at radius 1 is 1.38 bits per heavy atom. The first-order valence-corrected chi connectivity index (χ1v) is 8.13. The molecule has 0 bridgehead atoms. The summed E-state index contributed by atoms with van der Waals surface area (Å²) in [6, 6.07) is 5.40. The number of nitrogens with zero attached hydrogens (tertiary/aromatic N) is 2. The van der Waals surface area contributed by atoms with Crippen LogP contribution in [0.5, 0.6) is 0 Å². The van der Waals surface area contributed by atoms with Gasteiger partial charge in [0.15, 0.2) is 0 Å². The fourth-order valence-corrected chi connectivity index (χ4v) is 2.70. The molecule has 0 radical (unpaired) electrons. The topological polar surface area (TPSA) is 29.9 Å². The van der Waals surface area contributed by atoms with Gasteiger partial charge in [0.25, 0.3) is 0 Å². The molecule has 5 heteroatoms. The van der Waals surface area contributed by atoms with Crippen molar-refractivity contribution in [3.63, 3.8) is 0 Å². The molecule has 21 heavy (non-hydrogen) atoms. The van der Waals surface area contributed by atoms with Crippen LogP contribution < -0.4 is 5.32 Å². The lowest BCUT2D eigenvalue weighted by Crippen LogP contribution is -2.25. The van der Waals surface area contributed by atoms with Gasteiger partial charge >= 0.3 is 0 Å². The first kappa shape index (κ1) is 16.2. The Morgan fingerprint density at radius 3 is 2.86 bits per heavy atom. The highest BCUT2D eigenvalue weighted by atomic mass is 79.9. The van der Waals surface area contributed by atoms with Crippen molar-refractivity contribution in [1.29, 1.82) is 0 Å². The Balaban J connectivity index is 2.23. The second kappa shape index (κ2) is 7.71. The van der Waals surface area contributed by atoms with Crippen LogP contribution >= 0.6 is 15.9 Å². The molecule has 1 N–H and O–H groups in total. The highest BCUT2D eigenvalue weighted by molar-refractivity contribution is 9.10.